The molecule has 2 aromatic rings. The van der Waals surface area contributed by atoms with Gasteiger partial charge in [0.1, 0.15) is 11.7 Å². The zero-order chi connectivity index (χ0) is 17.4. The minimum Gasteiger partial charge on any atom is -0.339 e. The maximum Gasteiger partial charge on any atom is 0.260 e. The van der Waals surface area contributed by atoms with Crippen LogP contribution in [-0.2, 0) is 4.79 Å². The van der Waals surface area contributed by atoms with Crippen LogP contribution in [0.4, 0.5) is 4.39 Å². The van der Waals surface area contributed by atoms with Crippen molar-refractivity contribution >= 4 is 18.0 Å². The van der Waals surface area contributed by atoms with Crippen molar-refractivity contribution in [2.45, 2.75) is 11.8 Å². The molecule has 2 aliphatic heterocycles. The molecule has 8 heteroatoms. The quantitative estimate of drug-likeness (QED) is 0.848. The number of aliphatic imine (C=N–C) groups is 1. The maximum atomic E-state index is 13.7. The van der Waals surface area contributed by atoms with Crippen molar-refractivity contribution in [3.05, 3.63) is 59.5 Å². The summed E-state index contributed by atoms with van der Waals surface area (Å²) < 4.78 is 18.9. The molecule has 2 aliphatic rings. The standard InChI is InChI=1S/C17H13FN4O3/c18-13-6-2-1-4-11(13)17(24)22-8-10(9-22)16-20-14(21-25-16)12-5-3-7-19-15(12)23/h1-7,10,12H,8-9H2. The van der Waals surface area contributed by atoms with Gasteiger partial charge < -0.3 is 9.42 Å². The normalized spacial score (nSPS) is 20.0. The number of benzene rings is 1. The molecule has 1 saturated heterocycles. The number of rotatable bonds is 3. The Bertz CT molecular complexity index is 899. The Morgan fingerprint density at radius 2 is 2.08 bits per heavy atom. The van der Waals surface area contributed by atoms with E-state index in [-0.39, 0.29) is 29.1 Å². The van der Waals surface area contributed by atoms with Crippen LogP contribution in [0.15, 0.2) is 45.9 Å². The highest BCUT2D eigenvalue weighted by atomic mass is 19.1. The zero-order valence-corrected chi connectivity index (χ0v) is 13.0. The van der Waals surface area contributed by atoms with Crippen molar-refractivity contribution in [3.8, 4) is 0 Å². The van der Waals surface area contributed by atoms with Crippen LogP contribution < -0.4 is 0 Å². The van der Waals surface area contributed by atoms with Crippen molar-refractivity contribution in [2.75, 3.05) is 13.1 Å². The molecular weight excluding hydrogens is 327 g/mol. The van der Waals surface area contributed by atoms with Crippen LogP contribution in [0.3, 0.4) is 0 Å². The van der Waals surface area contributed by atoms with Crippen LogP contribution in [0.1, 0.15) is 33.9 Å². The number of hydrogen-bond donors (Lipinski definition) is 0. The monoisotopic (exact) mass is 340 g/mol. The molecule has 0 spiro atoms. The summed E-state index contributed by atoms with van der Waals surface area (Å²) in [4.78, 5) is 33.5. The summed E-state index contributed by atoms with van der Waals surface area (Å²) in [6, 6.07) is 5.87. The lowest BCUT2D eigenvalue weighted by Crippen LogP contribution is -2.48. The average Bonchev–Trinajstić information content (AvgIpc) is 3.03. The third-order valence-corrected chi connectivity index (χ3v) is 4.22. The van der Waals surface area contributed by atoms with Gasteiger partial charge in [0, 0.05) is 19.3 Å². The molecule has 1 unspecified atom stereocenters. The number of dihydropyridines is 1. The first-order valence-corrected chi connectivity index (χ1v) is 7.75. The fourth-order valence-corrected chi connectivity index (χ4v) is 2.78. The van der Waals surface area contributed by atoms with Gasteiger partial charge in [-0.15, -0.1) is 0 Å². The first-order chi connectivity index (χ1) is 12.1. The Morgan fingerprint density at radius 3 is 2.84 bits per heavy atom. The molecule has 126 valence electrons. The Kier molecular flexibility index (Phi) is 3.72. The van der Waals surface area contributed by atoms with Crippen LogP contribution in [0.2, 0.25) is 0 Å². The van der Waals surface area contributed by atoms with Crippen LogP contribution in [0.5, 0.6) is 0 Å². The molecule has 0 N–H and O–H groups in total. The number of carbonyl (C=O) groups excluding carboxylic acids is 2. The minimum atomic E-state index is -0.640. The van der Waals surface area contributed by atoms with Gasteiger partial charge in [-0.05, 0) is 18.2 Å². The van der Waals surface area contributed by atoms with Crippen molar-refractivity contribution in [3.63, 3.8) is 0 Å². The summed E-state index contributed by atoms with van der Waals surface area (Å²) in [6.45, 7) is 0.725. The van der Waals surface area contributed by atoms with Crippen LogP contribution in [0.25, 0.3) is 0 Å². The van der Waals surface area contributed by atoms with Gasteiger partial charge >= 0.3 is 0 Å². The predicted octanol–water partition coefficient (Wildman–Crippen LogP) is 1.70. The summed E-state index contributed by atoms with van der Waals surface area (Å²) in [6.07, 6.45) is 4.72. The van der Waals surface area contributed by atoms with Gasteiger partial charge in [0.25, 0.3) is 11.8 Å². The first-order valence-electron chi connectivity index (χ1n) is 7.75. The molecule has 7 nitrogen and oxygen atoms in total. The fraction of sp³-hybridized carbons (Fsp3) is 0.235. The summed E-state index contributed by atoms with van der Waals surface area (Å²) in [5.41, 5.74) is 0.0444. The number of nitrogens with zero attached hydrogens (tertiary/aromatic N) is 4. The first kappa shape index (κ1) is 15.4. The highest BCUT2D eigenvalue weighted by Gasteiger charge is 2.37. The summed E-state index contributed by atoms with van der Waals surface area (Å²) in [5.74, 6) is -1.40. The molecule has 1 aromatic heterocycles. The molecular formula is C17H13FN4O3. The molecule has 1 atom stereocenters. The molecule has 0 radical (unpaired) electrons. The number of aromatic nitrogens is 2. The fourth-order valence-electron chi connectivity index (χ4n) is 2.78. The van der Waals surface area contributed by atoms with Gasteiger partial charge in [-0.25, -0.2) is 9.38 Å². The van der Waals surface area contributed by atoms with E-state index in [1.54, 1.807) is 18.2 Å². The van der Waals surface area contributed by atoms with Gasteiger partial charge in [0.15, 0.2) is 5.82 Å². The summed E-state index contributed by atoms with van der Waals surface area (Å²) in [5, 5.41) is 3.84. The van der Waals surface area contributed by atoms with Gasteiger partial charge in [-0.3, -0.25) is 9.59 Å². The number of likely N-dealkylation sites (tertiary alicyclic amines) is 1. The second-order valence-electron chi connectivity index (χ2n) is 5.86. The van der Waals surface area contributed by atoms with Crippen LogP contribution in [-0.4, -0.2) is 46.2 Å². The number of carbonyl (C=O) groups is 2. The second kappa shape index (κ2) is 6.04. The van der Waals surface area contributed by atoms with E-state index in [1.807, 2.05) is 0 Å². The lowest BCUT2D eigenvalue weighted by Gasteiger charge is -2.37. The van der Waals surface area contributed by atoms with E-state index in [1.165, 1.54) is 29.3 Å². The average molecular weight is 340 g/mol. The third-order valence-electron chi connectivity index (χ3n) is 4.22. The predicted molar refractivity (Wildman–Crippen MR) is 84.7 cm³/mol. The third kappa shape index (κ3) is 2.75. The lowest BCUT2D eigenvalue weighted by atomic mass is 9.98. The van der Waals surface area contributed by atoms with E-state index in [0.29, 0.717) is 19.0 Å². The molecule has 1 aromatic carbocycles. The summed E-state index contributed by atoms with van der Waals surface area (Å²) >= 11 is 0. The van der Waals surface area contributed by atoms with Crippen LogP contribution >= 0.6 is 0 Å². The molecule has 0 aliphatic carbocycles. The molecule has 4 rings (SSSR count). The van der Waals surface area contributed by atoms with Gasteiger partial charge in [-0.1, -0.05) is 23.4 Å². The maximum absolute atomic E-state index is 13.7. The van der Waals surface area contributed by atoms with Crippen molar-refractivity contribution in [2.24, 2.45) is 4.99 Å². The Hall–Kier alpha value is -3.16. The molecule has 1 fully saturated rings. The van der Waals surface area contributed by atoms with E-state index in [4.69, 9.17) is 4.52 Å². The van der Waals surface area contributed by atoms with Crippen molar-refractivity contribution in [1.29, 1.82) is 0 Å². The highest BCUT2D eigenvalue weighted by Crippen LogP contribution is 2.29. The van der Waals surface area contributed by atoms with E-state index in [0.717, 1.165) is 0 Å². The molecule has 3 heterocycles. The zero-order valence-electron chi connectivity index (χ0n) is 13.0. The number of allylic oxidation sites excluding steroid dienone is 1. The SMILES string of the molecule is O=C1N=CC=CC1c1noc(C2CN(C(=O)c3ccccc3F)C2)n1. The van der Waals surface area contributed by atoms with Gasteiger partial charge in [0.05, 0.1) is 11.5 Å². The second-order valence-corrected chi connectivity index (χ2v) is 5.86. The van der Waals surface area contributed by atoms with Gasteiger partial charge in [-0.2, -0.15) is 4.98 Å². The van der Waals surface area contributed by atoms with Crippen LogP contribution in [0, 0.1) is 5.82 Å². The number of hydrogen-bond acceptors (Lipinski definition) is 5. The largest absolute Gasteiger partial charge is 0.339 e. The van der Waals surface area contributed by atoms with E-state index >= 15 is 0 Å². The van der Waals surface area contributed by atoms with Crippen molar-refractivity contribution in [1.82, 2.24) is 15.0 Å². The Balaban J connectivity index is 1.42. The number of amides is 2. The minimum absolute atomic E-state index is 0.0444. The molecule has 0 saturated carbocycles. The summed E-state index contributed by atoms with van der Waals surface area (Å²) in [7, 11) is 0. The van der Waals surface area contributed by atoms with E-state index in [9.17, 15) is 14.0 Å². The van der Waals surface area contributed by atoms with E-state index < -0.39 is 11.7 Å². The topological polar surface area (TPSA) is 88.7 Å². The number of halogens is 1. The highest BCUT2D eigenvalue weighted by molar-refractivity contribution is 5.97. The Labute approximate surface area is 141 Å². The smallest absolute Gasteiger partial charge is 0.260 e. The molecule has 25 heavy (non-hydrogen) atoms. The van der Waals surface area contributed by atoms with Gasteiger partial charge in [0.2, 0.25) is 5.89 Å². The lowest BCUT2D eigenvalue weighted by molar-refractivity contribution is -0.118. The molecule has 0 bridgehead atoms. The van der Waals surface area contributed by atoms with E-state index in [2.05, 4.69) is 15.1 Å². The Morgan fingerprint density at radius 1 is 1.28 bits per heavy atom. The van der Waals surface area contributed by atoms with Crippen molar-refractivity contribution < 1.29 is 18.5 Å². The molecule has 2 amide bonds.